The van der Waals surface area contributed by atoms with E-state index in [0.717, 1.165) is 0 Å². The van der Waals surface area contributed by atoms with Crippen molar-refractivity contribution in [3.05, 3.63) is 48.5 Å². The summed E-state index contributed by atoms with van der Waals surface area (Å²) < 4.78 is 0. The molecule has 0 amide bonds. The number of fused-ring (bicyclic) bond motifs is 1. The molecule has 0 fully saturated rings. The minimum absolute atomic E-state index is 0. The number of unbranched alkanes of at least 4 members (excludes halogenated alkanes) is 4. The molecule has 4 heteroatoms. The smallest absolute Gasteiger partial charge is 0.218 e. The Bertz CT molecular complexity index is 1330. The van der Waals surface area contributed by atoms with Crippen molar-refractivity contribution in [1.29, 1.82) is 0 Å². The first kappa shape index (κ1) is 30.3. The topological polar surface area (TPSA) is 0 Å². The van der Waals surface area contributed by atoms with Crippen molar-refractivity contribution in [2.24, 2.45) is 0 Å². The summed E-state index contributed by atoms with van der Waals surface area (Å²) in [4.78, 5) is 0. The molecule has 0 atom stereocenters. The summed E-state index contributed by atoms with van der Waals surface area (Å²) in [5.74, 6) is 0. The molecule has 6 rings (SSSR count). The van der Waals surface area contributed by atoms with Crippen molar-refractivity contribution in [2.75, 3.05) is 0 Å². The molecule has 0 saturated carbocycles. The van der Waals surface area contributed by atoms with Gasteiger partial charge in [0.05, 0.1) is 16.1 Å². The van der Waals surface area contributed by atoms with Crippen LogP contribution in [0.1, 0.15) is 79.1 Å². The Kier molecular flexibility index (Phi) is 9.58. The van der Waals surface area contributed by atoms with E-state index >= 15 is 0 Å². The van der Waals surface area contributed by atoms with Gasteiger partial charge >= 0.3 is 37.7 Å². The fourth-order valence-corrected chi connectivity index (χ4v) is 19.7. The first-order valence-electron chi connectivity index (χ1n) is 15.0. The van der Waals surface area contributed by atoms with Crippen LogP contribution >= 0.6 is 0 Å². The van der Waals surface area contributed by atoms with E-state index in [1.54, 1.807) is 42.3 Å². The van der Waals surface area contributed by atoms with Crippen LogP contribution in [0.5, 0.6) is 0 Å². The van der Waals surface area contributed by atoms with E-state index in [4.69, 9.17) is 0 Å². The Labute approximate surface area is 257 Å². The Morgan fingerprint density at radius 3 is 1.11 bits per heavy atom. The Balaban J connectivity index is 0.00000168. The van der Waals surface area contributed by atoms with Gasteiger partial charge in [-0.25, -0.2) is 10.8 Å². The minimum atomic E-state index is -1.79. The average molecular weight is 521 g/mol. The second kappa shape index (κ2) is 12.0. The standard InChI is InChI=1S/C34H42Si2.2Li/c1-5-9-21-35(22-10-6-2)27-17-13-15-25-26-16-14-18-28-32(26)34-30(20-19-29(35)33(34)31(25)27)36(28,23-11-7-3)24-12-8-4;;/h13-14,17-20H,5-12,21-24H2,1-4H3;;/q-2;2*+1. The van der Waals surface area contributed by atoms with Crippen LogP contribution in [0.4, 0.5) is 0 Å². The summed E-state index contributed by atoms with van der Waals surface area (Å²) in [6.07, 6.45) is 10.6. The molecule has 0 aromatic heterocycles. The van der Waals surface area contributed by atoms with Crippen LogP contribution in [0, 0.1) is 12.1 Å². The molecule has 0 saturated heterocycles. The SMILES string of the molecule is CCCC[Si]1(CCCC)c2cc[c-]c3c4[c-]ccc5c4c4c(ccc1c4c23)[Si]5(CCCC)CCCC.[Li+].[Li+]. The molecule has 0 unspecified atom stereocenters. The Morgan fingerprint density at radius 2 is 0.789 bits per heavy atom. The average Bonchev–Trinajstić information content (AvgIpc) is 3.36. The van der Waals surface area contributed by atoms with Crippen LogP contribution in [0.3, 0.4) is 0 Å². The second-order valence-electron chi connectivity index (χ2n) is 11.8. The number of benzene rings is 4. The van der Waals surface area contributed by atoms with Crippen molar-refractivity contribution in [3.8, 4) is 0 Å². The maximum atomic E-state index is 3.78. The summed E-state index contributed by atoms with van der Waals surface area (Å²) in [5, 5.41) is 16.4. The number of hydrogen-bond donors (Lipinski definition) is 0. The summed E-state index contributed by atoms with van der Waals surface area (Å²) in [6.45, 7) is 9.51. The zero-order valence-electron chi connectivity index (χ0n) is 24.9. The molecule has 4 aromatic carbocycles. The first-order valence-corrected chi connectivity index (χ1v) is 19.8. The quantitative estimate of drug-likeness (QED) is 0.152. The molecule has 4 aromatic rings. The predicted octanol–water partition coefficient (Wildman–Crippen LogP) is 1.71. The monoisotopic (exact) mass is 520 g/mol. The van der Waals surface area contributed by atoms with E-state index in [1.165, 1.54) is 86.3 Å². The van der Waals surface area contributed by atoms with Gasteiger partial charge in [-0.05, 0) is 0 Å². The zero-order chi connectivity index (χ0) is 24.9. The fourth-order valence-electron chi connectivity index (χ4n) is 8.16. The molecular weight excluding hydrogens is 478 g/mol. The summed E-state index contributed by atoms with van der Waals surface area (Å²) in [6, 6.07) is 28.1. The van der Waals surface area contributed by atoms with Gasteiger partial charge in [-0.15, -0.1) is 33.3 Å². The third kappa shape index (κ3) is 4.13. The zero-order valence-corrected chi connectivity index (χ0v) is 26.9. The van der Waals surface area contributed by atoms with Crippen LogP contribution in [-0.4, -0.2) is 16.1 Å². The van der Waals surface area contributed by atoms with E-state index in [0.29, 0.717) is 0 Å². The third-order valence-corrected chi connectivity index (χ3v) is 20.5. The molecule has 188 valence electrons. The molecule has 2 heterocycles. The van der Waals surface area contributed by atoms with Crippen molar-refractivity contribution in [3.63, 3.8) is 0 Å². The van der Waals surface area contributed by atoms with E-state index in [-0.39, 0.29) is 37.7 Å². The van der Waals surface area contributed by atoms with Gasteiger partial charge in [0.2, 0.25) is 0 Å². The molecule has 2 aliphatic rings. The molecule has 38 heavy (non-hydrogen) atoms. The first-order chi connectivity index (χ1) is 17.7. The summed E-state index contributed by atoms with van der Waals surface area (Å²) in [5.41, 5.74) is 0. The van der Waals surface area contributed by atoms with Crippen LogP contribution in [0.2, 0.25) is 24.2 Å². The molecule has 0 N–H and O–H groups in total. The van der Waals surface area contributed by atoms with Crippen molar-refractivity contribution < 1.29 is 37.7 Å². The van der Waals surface area contributed by atoms with E-state index in [1.807, 2.05) is 0 Å². The van der Waals surface area contributed by atoms with Crippen LogP contribution < -0.4 is 58.5 Å². The Hall–Kier alpha value is -0.711. The molecule has 0 bridgehead atoms. The molecular formula is C34H42Li2Si2. The summed E-state index contributed by atoms with van der Waals surface area (Å²) in [7, 11) is -3.59. The van der Waals surface area contributed by atoms with Crippen molar-refractivity contribution in [2.45, 2.75) is 103 Å². The largest absolute Gasteiger partial charge is 1.00 e. The van der Waals surface area contributed by atoms with Crippen LogP contribution in [0.25, 0.3) is 32.3 Å². The van der Waals surface area contributed by atoms with Gasteiger partial charge in [0.15, 0.2) is 0 Å². The van der Waals surface area contributed by atoms with Crippen LogP contribution in [0.15, 0.2) is 36.4 Å². The van der Waals surface area contributed by atoms with E-state index < -0.39 is 16.1 Å². The van der Waals surface area contributed by atoms with Gasteiger partial charge < -0.3 is 0 Å². The Morgan fingerprint density at radius 1 is 0.474 bits per heavy atom. The van der Waals surface area contributed by atoms with E-state index in [9.17, 15) is 0 Å². The van der Waals surface area contributed by atoms with Gasteiger partial charge in [0, 0.05) is 0 Å². The maximum absolute atomic E-state index is 3.78. The molecule has 0 radical (unpaired) electrons. The molecule has 0 nitrogen and oxygen atoms in total. The van der Waals surface area contributed by atoms with Gasteiger partial charge in [0.1, 0.15) is 0 Å². The number of hydrogen-bond acceptors (Lipinski definition) is 0. The molecule has 0 spiro atoms. The van der Waals surface area contributed by atoms with Gasteiger partial charge in [-0.2, -0.15) is 24.3 Å². The van der Waals surface area contributed by atoms with Gasteiger partial charge in [0.25, 0.3) is 0 Å². The fraction of sp³-hybridized carbons (Fsp3) is 0.471. The predicted molar refractivity (Wildman–Crippen MR) is 166 cm³/mol. The molecule has 0 aliphatic carbocycles. The second-order valence-corrected chi connectivity index (χ2v) is 20.3. The maximum Gasteiger partial charge on any atom is 1.00 e. The normalized spacial score (nSPS) is 15.6. The minimum Gasteiger partial charge on any atom is -0.218 e. The van der Waals surface area contributed by atoms with Gasteiger partial charge in [-0.3, -0.25) is 0 Å². The summed E-state index contributed by atoms with van der Waals surface area (Å²) >= 11 is 0. The van der Waals surface area contributed by atoms with Crippen LogP contribution in [-0.2, 0) is 0 Å². The van der Waals surface area contributed by atoms with Gasteiger partial charge in [-0.1, -0.05) is 137 Å². The van der Waals surface area contributed by atoms with Crippen molar-refractivity contribution in [1.82, 2.24) is 0 Å². The van der Waals surface area contributed by atoms with E-state index in [2.05, 4.69) is 76.2 Å². The third-order valence-electron chi connectivity index (χ3n) is 9.84. The molecule has 2 aliphatic heterocycles. The number of rotatable bonds is 12. The van der Waals surface area contributed by atoms with Crippen molar-refractivity contribution >= 4 is 69.2 Å².